The Labute approximate surface area is 173 Å². The van der Waals surface area contributed by atoms with Gasteiger partial charge in [0.25, 0.3) is 5.69 Å². The number of anilines is 1. The van der Waals surface area contributed by atoms with Gasteiger partial charge in [-0.1, -0.05) is 6.07 Å². The number of ketones is 1. The molecule has 30 heavy (non-hydrogen) atoms. The smallest absolute Gasteiger partial charge is 0.293 e. The Morgan fingerprint density at radius 2 is 1.93 bits per heavy atom. The third-order valence-corrected chi connectivity index (χ3v) is 4.66. The van der Waals surface area contributed by atoms with E-state index in [0.29, 0.717) is 30.2 Å². The largest absolute Gasteiger partial charge is 0.493 e. The molecule has 0 aliphatic carbocycles. The van der Waals surface area contributed by atoms with Gasteiger partial charge in [-0.15, -0.1) is 0 Å². The van der Waals surface area contributed by atoms with Crippen molar-refractivity contribution in [3.05, 3.63) is 75.9 Å². The van der Waals surface area contributed by atoms with Crippen LogP contribution in [0.5, 0.6) is 11.5 Å². The summed E-state index contributed by atoms with van der Waals surface area (Å²) in [5.41, 5.74) is 1.38. The van der Waals surface area contributed by atoms with E-state index in [1.54, 1.807) is 44.2 Å². The van der Waals surface area contributed by atoms with Crippen LogP contribution in [0.15, 0.2) is 48.8 Å². The molecular formula is C21H22N4O5. The van der Waals surface area contributed by atoms with Gasteiger partial charge < -0.3 is 19.4 Å². The molecule has 0 spiro atoms. The van der Waals surface area contributed by atoms with E-state index in [1.165, 1.54) is 12.3 Å². The molecule has 0 amide bonds. The van der Waals surface area contributed by atoms with Gasteiger partial charge in [0.05, 0.1) is 19.1 Å². The summed E-state index contributed by atoms with van der Waals surface area (Å²) in [5.74, 6) is 1.11. The Morgan fingerprint density at radius 3 is 2.57 bits per heavy atom. The lowest BCUT2D eigenvalue weighted by atomic mass is 10.1. The third kappa shape index (κ3) is 4.40. The number of nitrogens with one attached hydrogen (secondary N) is 1. The number of nitro benzene ring substituents is 1. The van der Waals surface area contributed by atoms with Crippen molar-refractivity contribution in [2.24, 2.45) is 7.05 Å². The highest BCUT2D eigenvalue weighted by atomic mass is 16.6. The lowest BCUT2D eigenvalue weighted by Gasteiger charge is -2.11. The molecule has 2 aromatic carbocycles. The standard InChI is InChI=1S/C21H22N4O5/c1-24-11-10-23-21(24)20(26)15-5-6-16(17(13-15)25(27)28)22-9-8-14-4-7-18(29-2)19(12-14)30-3/h4-7,10-13,22H,8-9H2,1-3H3. The molecule has 0 aliphatic rings. The van der Waals surface area contributed by atoms with Crippen LogP contribution in [0.2, 0.25) is 0 Å². The van der Waals surface area contributed by atoms with E-state index in [9.17, 15) is 14.9 Å². The molecule has 0 atom stereocenters. The van der Waals surface area contributed by atoms with Gasteiger partial charge in [0.15, 0.2) is 17.3 Å². The van der Waals surface area contributed by atoms with Crippen molar-refractivity contribution in [3.63, 3.8) is 0 Å². The molecule has 156 valence electrons. The Bertz CT molecular complexity index is 1080. The molecule has 0 saturated heterocycles. The summed E-state index contributed by atoms with van der Waals surface area (Å²) in [6.45, 7) is 0.461. The second kappa shape index (κ2) is 9.08. The number of hydrogen-bond donors (Lipinski definition) is 1. The molecule has 0 aliphatic heterocycles. The van der Waals surface area contributed by atoms with Crippen molar-refractivity contribution in [2.75, 3.05) is 26.1 Å². The molecule has 1 N–H and O–H groups in total. The SMILES string of the molecule is COc1ccc(CCNc2ccc(C(=O)c3nccn3C)cc2[N+](=O)[O-])cc1OC. The van der Waals surface area contributed by atoms with E-state index < -0.39 is 4.92 Å². The first kappa shape index (κ1) is 20.8. The van der Waals surface area contributed by atoms with Crippen LogP contribution < -0.4 is 14.8 Å². The zero-order chi connectivity index (χ0) is 21.7. The molecule has 1 aromatic heterocycles. The average Bonchev–Trinajstić information content (AvgIpc) is 3.18. The number of imidazole rings is 1. The Hall–Kier alpha value is -3.88. The predicted molar refractivity (Wildman–Crippen MR) is 111 cm³/mol. The highest BCUT2D eigenvalue weighted by molar-refractivity contribution is 6.07. The van der Waals surface area contributed by atoms with Crippen LogP contribution in [0.4, 0.5) is 11.4 Å². The van der Waals surface area contributed by atoms with Crippen molar-refractivity contribution in [2.45, 2.75) is 6.42 Å². The lowest BCUT2D eigenvalue weighted by Crippen LogP contribution is -2.11. The highest BCUT2D eigenvalue weighted by Gasteiger charge is 2.20. The van der Waals surface area contributed by atoms with Gasteiger partial charge >= 0.3 is 0 Å². The van der Waals surface area contributed by atoms with Gasteiger partial charge in [0.2, 0.25) is 5.78 Å². The summed E-state index contributed by atoms with van der Waals surface area (Å²) in [6.07, 6.45) is 3.77. The van der Waals surface area contributed by atoms with E-state index in [0.717, 1.165) is 5.56 Å². The van der Waals surface area contributed by atoms with Crippen molar-refractivity contribution in [1.29, 1.82) is 0 Å². The Kier molecular flexibility index (Phi) is 6.31. The molecule has 0 bridgehead atoms. The van der Waals surface area contributed by atoms with E-state index in [-0.39, 0.29) is 22.9 Å². The van der Waals surface area contributed by atoms with E-state index >= 15 is 0 Å². The predicted octanol–water partition coefficient (Wildman–Crippen LogP) is 3.23. The van der Waals surface area contributed by atoms with Gasteiger partial charge in [-0.3, -0.25) is 14.9 Å². The summed E-state index contributed by atoms with van der Waals surface area (Å²) in [7, 11) is 4.83. The second-order valence-corrected chi connectivity index (χ2v) is 6.55. The topological polar surface area (TPSA) is 109 Å². The summed E-state index contributed by atoms with van der Waals surface area (Å²) in [6, 6.07) is 9.96. The van der Waals surface area contributed by atoms with Crippen LogP contribution in [-0.4, -0.2) is 41.0 Å². The second-order valence-electron chi connectivity index (χ2n) is 6.55. The number of nitrogens with zero attached hydrogens (tertiary/aromatic N) is 3. The van der Waals surface area contributed by atoms with E-state index in [2.05, 4.69) is 10.3 Å². The van der Waals surface area contributed by atoms with E-state index in [4.69, 9.17) is 9.47 Å². The number of aromatic nitrogens is 2. The maximum absolute atomic E-state index is 12.6. The van der Waals surface area contributed by atoms with Crippen molar-refractivity contribution < 1.29 is 19.2 Å². The Morgan fingerprint density at radius 1 is 1.17 bits per heavy atom. The maximum atomic E-state index is 12.6. The summed E-state index contributed by atoms with van der Waals surface area (Å²) < 4.78 is 12.1. The number of carbonyl (C=O) groups excluding carboxylic acids is 1. The zero-order valence-corrected chi connectivity index (χ0v) is 16.9. The minimum Gasteiger partial charge on any atom is -0.493 e. The minimum absolute atomic E-state index is 0.164. The number of carbonyl (C=O) groups is 1. The summed E-state index contributed by atoms with van der Waals surface area (Å²) in [5, 5.41) is 14.6. The van der Waals surface area contributed by atoms with Crippen LogP contribution in [0, 0.1) is 10.1 Å². The summed E-state index contributed by atoms with van der Waals surface area (Å²) >= 11 is 0. The van der Waals surface area contributed by atoms with Crippen molar-refractivity contribution >= 4 is 17.2 Å². The molecule has 3 aromatic rings. The third-order valence-electron chi connectivity index (χ3n) is 4.66. The van der Waals surface area contributed by atoms with Crippen LogP contribution in [-0.2, 0) is 13.5 Å². The quantitative estimate of drug-likeness (QED) is 0.328. The normalized spacial score (nSPS) is 10.5. The average molecular weight is 410 g/mol. The first-order chi connectivity index (χ1) is 14.4. The fourth-order valence-corrected chi connectivity index (χ4v) is 3.06. The fraction of sp³-hybridized carbons (Fsp3) is 0.238. The van der Waals surface area contributed by atoms with Gasteiger partial charge in [-0.2, -0.15) is 0 Å². The number of benzene rings is 2. The molecule has 9 nitrogen and oxygen atoms in total. The number of aryl methyl sites for hydroxylation is 1. The highest BCUT2D eigenvalue weighted by Crippen LogP contribution is 2.29. The molecule has 0 radical (unpaired) electrons. The molecule has 0 fully saturated rings. The molecule has 0 saturated carbocycles. The number of nitro groups is 1. The maximum Gasteiger partial charge on any atom is 0.293 e. The van der Waals surface area contributed by atoms with Gasteiger partial charge in [-0.05, 0) is 36.2 Å². The van der Waals surface area contributed by atoms with Gasteiger partial charge in [-0.25, -0.2) is 4.98 Å². The fourth-order valence-electron chi connectivity index (χ4n) is 3.06. The molecule has 0 unspecified atom stereocenters. The number of ether oxygens (including phenoxy) is 2. The van der Waals surface area contributed by atoms with Crippen LogP contribution in [0.3, 0.4) is 0 Å². The summed E-state index contributed by atoms with van der Waals surface area (Å²) in [4.78, 5) is 27.6. The first-order valence-corrected chi connectivity index (χ1v) is 9.19. The molecule has 9 heteroatoms. The zero-order valence-electron chi connectivity index (χ0n) is 16.9. The molecule has 1 heterocycles. The lowest BCUT2D eigenvalue weighted by molar-refractivity contribution is -0.384. The van der Waals surface area contributed by atoms with Crippen LogP contribution >= 0.6 is 0 Å². The van der Waals surface area contributed by atoms with Crippen molar-refractivity contribution in [1.82, 2.24) is 9.55 Å². The molecular weight excluding hydrogens is 388 g/mol. The van der Waals surface area contributed by atoms with Crippen molar-refractivity contribution in [3.8, 4) is 11.5 Å². The first-order valence-electron chi connectivity index (χ1n) is 9.19. The number of hydrogen-bond acceptors (Lipinski definition) is 7. The monoisotopic (exact) mass is 410 g/mol. The number of methoxy groups -OCH3 is 2. The van der Waals surface area contributed by atoms with E-state index in [1.807, 2.05) is 18.2 Å². The minimum atomic E-state index is -0.506. The van der Waals surface area contributed by atoms with Crippen LogP contribution in [0.25, 0.3) is 0 Å². The Balaban J connectivity index is 1.74. The van der Waals surface area contributed by atoms with Gasteiger partial charge in [0.1, 0.15) is 5.69 Å². The van der Waals surface area contributed by atoms with Gasteiger partial charge in [0, 0.05) is 37.6 Å². The molecule has 3 rings (SSSR count). The number of rotatable bonds is 9. The van der Waals surface area contributed by atoms with Crippen LogP contribution in [0.1, 0.15) is 21.7 Å².